The van der Waals surface area contributed by atoms with Crippen LogP contribution in [0.2, 0.25) is 0 Å². The van der Waals surface area contributed by atoms with Crippen molar-refractivity contribution >= 4 is 33.3 Å². The first-order valence-corrected chi connectivity index (χ1v) is 11.0. The van der Waals surface area contributed by atoms with Crippen molar-refractivity contribution in [2.45, 2.75) is 0 Å². The van der Waals surface area contributed by atoms with Gasteiger partial charge in [0.2, 0.25) is 0 Å². The van der Waals surface area contributed by atoms with Gasteiger partial charge in [-0.05, 0) is 60.7 Å². The van der Waals surface area contributed by atoms with Gasteiger partial charge in [-0.3, -0.25) is 0 Å². The molecule has 0 atom stereocenters. The second kappa shape index (κ2) is 8.33. The number of rotatable bonds is 5. The van der Waals surface area contributed by atoms with E-state index in [1.165, 1.54) is 0 Å². The smallest absolute Gasteiger partial charge is 0.161 e. The Hall–Kier alpha value is -4.71. The first kappa shape index (κ1) is 19.9. The Kier molecular flexibility index (Phi) is 4.88. The molecule has 6 rings (SSSR count). The normalized spacial score (nSPS) is 11.1. The van der Waals surface area contributed by atoms with E-state index in [-0.39, 0.29) is 0 Å². The second-order valence-corrected chi connectivity index (χ2v) is 7.98. The highest BCUT2D eigenvalue weighted by Crippen LogP contribution is 2.32. The first-order chi connectivity index (χ1) is 16.8. The molecule has 0 saturated heterocycles. The molecule has 34 heavy (non-hydrogen) atoms. The van der Waals surface area contributed by atoms with Gasteiger partial charge in [0.1, 0.15) is 17.3 Å². The average molecular weight is 444 g/mol. The van der Waals surface area contributed by atoms with E-state index in [9.17, 15) is 0 Å². The van der Waals surface area contributed by atoms with Crippen molar-refractivity contribution in [1.82, 2.24) is 20.2 Å². The van der Waals surface area contributed by atoms with Crippen LogP contribution in [0.3, 0.4) is 0 Å². The van der Waals surface area contributed by atoms with E-state index in [1.807, 2.05) is 84.9 Å². The quantitative estimate of drug-likeness (QED) is 0.314. The van der Waals surface area contributed by atoms with Crippen molar-refractivity contribution in [3.05, 3.63) is 97.1 Å². The molecule has 6 aromatic rings. The summed E-state index contributed by atoms with van der Waals surface area (Å²) in [5.41, 5.74) is 5.76. The van der Waals surface area contributed by atoms with Gasteiger partial charge in [-0.2, -0.15) is 0 Å². The molecule has 4 aromatic carbocycles. The molecule has 6 heteroatoms. The molecule has 0 unspecified atom stereocenters. The van der Waals surface area contributed by atoms with E-state index in [0.717, 1.165) is 55.9 Å². The summed E-state index contributed by atoms with van der Waals surface area (Å²) in [6, 6.07) is 32.2. The van der Waals surface area contributed by atoms with E-state index >= 15 is 0 Å². The van der Waals surface area contributed by atoms with Crippen LogP contribution in [-0.2, 0) is 0 Å². The molecule has 0 saturated carbocycles. The van der Waals surface area contributed by atoms with Gasteiger partial charge in [-0.15, -0.1) is 10.2 Å². The number of methoxy groups -OCH3 is 1. The predicted octanol–water partition coefficient (Wildman–Crippen LogP) is 6.59. The predicted molar refractivity (Wildman–Crippen MR) is 136 cm³/mol. The molecule has 164 valence electrons. The van der Waals surface area contributed by atoms with Gasteiger partial charge in [0.05, 0.1) is 18.1 Å². The Bertz CT molecular complexity index is 1570. The van der Waals surface area contributed by atoms with Crippen LogP contribution in [0.1, 0.15) is 0 Å². The number of nitrogens with zero attached hydrogens (tertiary/aromatic N) is 3. The summed E-state index contributed by atoms with van der Waals surface area (Å²) in [5, 5.41) is 14.5. The lowest BCUT2D eigenvalue weighted by atomic mass is 10.0. The van der Waals surface area contributed by atoms with Gasteiger partial charge >= 0.3 is 0 Å². The maximum Gasteiger partial charge on any atom is 0.161 e. The third kappa shape index (κ3) is 3.61. The van der Waals surface area contributed by atoms with E-state index in [1.54, 1.807) is 7.11 Å². The summed E-state index contributed by atoms with van der Waals surface area (Å²) >= 11 is 0. The summed E-state index contributed by atoms with van der Waals surface area (Å²) in [4.78, 5) is 8.05. The Morgan fingerprint density at radius 3 is 2.18 bits per heavy atom. The number of hydrogen-bond acceptors (Lipinski definition) is 5. The average Bonchev–Trinajstić information content (AvgIpc) is 3.34. The van der Waals surface area contributed by atoms with Crippen LogP contribution >= 0.6 is 0 Å². The maximum atomic E-state index is 5.28. The molecule has 2 aromatic heterocycles. The number of benzene rings is 4. The number of aromatic nitrogens is 4. The van der Waals surface area contributed by atoms with Gasteiger partial charge in [0.25, 0.3) is 0 Å². The van der Waals surface area contributed by atoms with Crippen molar-refractivity contribution in [2.75, 3.05) is 12.4 Å². The van der Waals surface area contributed by atoms with E-state index < -0.39 is 0 Å². The van der Waals surface area contributed by atoms with Crippen LogP contribution in [0.25, 0.3) is 44.5 Å². The van der Waals surface area contributed by atoms with Crippen molar-refractivity contribution < 1.29 is 4.74 Å². The molecular weight excluding hydrogens is 422 g/mol. The molecular formula is C28H21N5O. The fourth-order valence-corrected chi connectivity index (χ4v) is 4.10. The van der Waals surface area contributed by atoms with Gasteiger partial charge in [-0.1, -0.05) is 36.4 Å². The van der Waals surface area contributed by atoms with Crippen molar-refractivity contribution in [2.24, 2.45) is 0 Å². The number of anilines is 2. The van der Waals surface area contributed by atoms with Crippen molar-refractivity contribution in [3.63, 3.8) is 0 Å². The fraction of sp³-hybridized carbons (Fsp3) is 0.0357. The van der Waals surface area contributed by atoms with Gasteiger partial charge in [0, 0.05) is 27.6 Å². The van der Waals surface area contributed by atoms with E-state index in [0.29, 0.717) is 5.82 Å². The standard InChI is InChI=1S/C28H21N5O/c1-34-21-16-12-18(13-17-21)26-22-6-2-3-7-23(22)28(33-32-26)29-20-14-10-19(11-15-20)27-30-24-8-4-5-9-25(24)31-27/h2-17H,1H3,(H,29,33)(H,30,31). The minimum atomic E-state index is 0.712. The van der Waals surface area contributed by atoms with Crippen LogP contribution in [0, 0.1) is 0 Å². The number of aromatic amines is 1. The number of H-pyrrole nitrogens is 1. The molecule has 0 aliphatic carbocycles. The molecule has 0 fully saturated rings. The molecule has 0 aliphatic rings. The number of para-hydroxylation sites is 2. The number of ether oxygens (including phenoxy) is 1. The number of nitrogens with one attached hydrogen (secondary N) is 2. The summed E-state index contributed by atoms with van der Waals surface area (Å²) in [6.45, 7) is 0. The highest BCUT2D eigenvalue weighted by molar-refractivity contribution is 6.00. The molecule has 0 amide bonds. The molecule has 0 radical (unpaired) electrons. The SMILES string of the molecule is COc1ccc(-c2nnc(Nc3ccc(-c4nc5ccccc5[nH]4)cc3)c3ccccc23)cc1. The highest BCUT2D eigenvalue weighted by Gasteiger charge is 2.12. The number of imidazole rings is 1. The Balaban J connectivity index is 1.31. The Morgan fingerprint density at radius 2 is 1.41 bits per heavy atom. The van der Waals surface area contributed by atoms with E-state index in [2.05, 4.69) is 37.6 Å². The Labute approximate surface area is 196 Å². The number of hydrogen-bond donors (Lipinski definition) is 2. The zero-order valence-electron chi connectivity index (χ0n) is 18.5. The van der Waals surface area contributed by atoms with Crippen LogP contribution in [0.15, 0.2) is 97.1 Å². The molecule has 0 spiro atoms. The van der Waals surface area contributed by atoms with Crippen LogP contribution in [-0.4, -0.2) is 27.3 Å². The second-order valence-electron chi connectivity index (χ2n) is 7.98. The highest BCUT2D eigenvalue weighted by atomic mass is 16.5. The van der Waals surface area contributed by atoms with Gasteiger partial charge in [-0.25, -0.2) is 4.98 Å². The lowest BCUT2D eigenvalue weighted by Crippen LogP contribution is -1.99. The lowest BCUT2D eigenvalue weighted by molar-refractivity contribution is 0.415. The molecule has 2 N–H and O–H groups in total. The van der Waals surface area contributed by atoms with Crippen LogP contribution < -0.4 is 10.1 Å². The number of fused-ring (bicyclic) bond motifs is 2. The van der Waals surface area contributed by atoms with Gasteiger partial charge < -0.3 is 15.0 Å². The van der Waals surface area contributed by atoms with Crippen molar-refractivity contribution in [1.29, 1.82) is 0 Å². The molecule has 2 heterocycles. The maximum absolute atomic E-state index is 5.28. The minimum Gasteiger partial charge on any atom is -0.497 e. The van der Waals surface area contributed by atoms with Crippen LogP contribution in [0.5, 0.6) is 5.75 Å². The molecule has 6 nitrogen and oxygen atoms in total. The monoisotopic (exact) mass is 443 g/mol. The molecule has 0 aliphatic heterocycles. The van der Waals surface area contributed by atoms with Crippen LogP contribution in [0.4, 0.5) is 11.5 Å². The summed E-state index contributed by atoms with van der Waals surface area (Å²) in [7, 11) is 1.66. The Morgan fingerprint density at radius 1 is 0.706 bits per heavy atom. The fourth-order valence-electron chi connectivity index (χ4n) is 4.10. The minimum absolute atomic E-state index is 0.712. The first-order valence-electron chi connectivity index (χ1n) is 11.0. The van der Waals surface area contributed by atoms with Crippen molar-refractivity contribution in [3.8, 4) is 28.4 Å². The zero-order chi connectivity index (χ0) is 22.9. The summed E-state index contributed by atoms with van der Waals surface area (Å²) in [6.07, 6.45) is 0. The largest absolute Gasteiger partial charge is 0.497 e. The summed E-state index contributed by atoms with van der Waals surface area (Å²) < 4.78 is 5.28. The zero-order valence-corrected chi connectivity index (χ0v) is 18.5. The van der Waals surface area contributed by atoms with Gasteiger partial charge in [0.15, 0.2) is 5.82 Å². The third-order valence-electron chi connectivity index (χ3n) is 5.86. The third-order valence-corrected chi connectivity index (χ3v) is 5.86. The summed E-state index contributed by atoms with van der Waals surface area (Å²) in [5.74, 6) is 2.37. The lowest BCUT2D eigenvalue weighted by Gasteiger charge is -2.12. The topological polar surface area (TPSA) is 75.7 Å². The van der Waals surface area contributed by atoms with E-state index in [4.69, 9.17) is 4.74 Å². The molecule has 0 bridgehead atoms.